The maximum atomic E-state index is 13.7. The molecule has 8 nitrogen and oxygen atoms in total. The Balaban J connectivity index is 1.55. The molecule has 40 heavy (non-hydrogen) atoms. The number of benzene rings is 2. The monoisotopic (exact) mass is 572 g/mol. The van der Waals surface area contributed by atoms with Gasteiger partial charge in [-0.25, -0.2) is 0 Å². The van der Waals surface area contributed by atoms with Gasteiger partial charge in [0, 0.05) is 36.4 Å². The number of nitrogens with zero attached hydrogens (tertiary/aromatic N) is 1. The Hall–Kier alpha value is -2.30. The van der Waals surface area contributed by atoms with E-state index in [1.807, 2.05) is 43.3 Å². The number of amides is 1. The Kier molecular flexibility index (Phi) is 10.8. The Labute approximate surface area is 241 Å². The summed E-state index contributed by atoms with van der Waals surface area (Å²) in [6, 6.07) is 14.8. The molecule has 1 amide bonds. The zero-order valence-electron chi connectivity index (χ0n) is 24.1. The van der Waals surface area contributed by atoms with E-state index in [1.165, 1.54) is 19.3 Å². The van der Waals surface area contributed by atoms with Crippen molar-refractivity contribution in [1.82, 2.24) is 10.6 Å². The van der Waals surface area contributed by atoms with Gasteiger partial charge in [0.25, 0.3) is 5.91 Å². The van der Waals surface area contributed by atoms with Gasteiger partial charge in [-0.1, -0.05) is 56.5 Å². The van der Waals surface area contributed by atoms with Gasteiger partial charge in [-0.3, -0.25) is 18.2 Å². The van der Waals surface area contributed by atoms with Crippen LogP contribution in [-0.4, -0.2) is 63.2 Å². The van der Waals surface area contributed by atoms with E-state index in [2.05, 4.69) is 22.9 Å². The van der Waals surface area contributed by atoms with Crippen LogP contribution >= 0.6 is 10.8 Å². The summed E-state index contributed by atoms with van der Waals surface area (Å²) in [7, 11) is -2.93. The quantitative estimate of drug-likeness (QED) is 0.191. The van der Waals surface area contributed by atoms with Crippen molar-refractivity contribution in [2.45, 2.75) is 89.3 Å². The minimum Gasteiger partial charge on any atom is -0.390 e. The average molecular weight is 573 g/mol. The van der Waals surface area contributed by atoms with Crippen LogP contribution in [0.25, 0.3) is 0 Å². The zero-order chi connectivity index (χ0) is 28.6. The fraction of sp³-hybridized carbons (Fsp3) is 0.581. The first-order chi connectivity index (χ1) is 19.2. The molecule has 1 saturated carbocycles. The summed E-state index contributed by atoms with van der Waals surface area (Å²) in [4.78, 5) is 13.7. The predicted octanol–water partition coefficient (Wildman–Crippen LogP) is 5.79. The van der Waals surface area contributed by atoms with Crippen molar-refractivity contribution in [2.24, 2.45) is 0 Å². The lowest BCUT2D eigenvalue weighted by Gasteiger charge is -2.47. The van der Waals surface area contributed by atoms with E-state index in [9.17, 15) is 19.0 Å². The van der Waals surface area contributed by atoms with E-state index in [0.29, 0.717) is 43.1 Å². The van der Waals surface area contributed by atoms with Gasteiger partial charge in [-0.15, -0.1) is 10.8 Å². The number of β-amino-alcohol motifs (C(OH)–C–C–N with tert-alkyl or cyclic N) is 1. The van der Waals surface area contributed by atoms with Gasteiger partial charge < -0.3 is 21.1 Å². The Morgan fingerprint density at radius 1 is 1.02 bits per heavy atom. The number of aliphatic hydroxyl groups excluding tert-OH is 1. The van der Waals surface area contributed by atoms with E-state index < -0.39 is 22.9 Å². The molecule has 0 spiro atoms. The molecule has 4 rings (SSSR count). The van der Waals surface area contributed by atoms with Crippen molar-refractivity contribution in [1.29, 1.82) is 0 Å². The van der Waals surface area contributed by atoms with E-state index in [4.69, 9.17) is 0 Å². The second-order valence-electron chi connectivity index (χ2n) is 11.4. The Bertz CT molecular complexity index is 1090. The van der Waals surface area contributed by atoms with Crippen LogP contribution in [0, 0.1) is 0 Å². The second kappa shape index (κ2) is 14.0. The third kappa shape index (κ3) is 7.91. The number of hydrogen-bond donors (Lipinski definition) is 6. The molecular weight excluding hydrogens is 524 g/mol. The van der Waals surface area contributed by atoms with Crippen LogP contribution in [0.15, 0.2) is 48.5 Å². The first-order valence-electron chi connectivity index (χ1n) is 15.0. The molecule has 9 heteroatoms. The molecule has 0 bridgehead atoms. The fourth-order valence-corrected chi connectivity index (χ4v) is 7.72. The molecule has 1 heterocycles. The fourth-order valence-electron chi connectivity index (χ4n) is 6.05. The van der Waals surface area contributed by atoms with Gasteiger partial charge in [0.1, 0.15) is 0 Å². The number of anilines is 2. The molecule has 1 aliphatic carbocycles. The highest BCUT2D eigenvalue weighted by molar-refractivity contribution is 8.25. The van der Waals surface area contributed by atoms with Gasteiger partial charge in [-0.05, 0) is 69.2 Å². The maximum Gasteiger partial charge on any atom is 0.251 e. The Morgan fingerprint density at radius 2 is 1.77 bits per heavy atom. The SMILES string of the molecule is CCNc1cc(C(=O)N[C@@H](Cc2ccccc2)[C@@H](O)CNC2(CC)CCCCC2)cc(N2CCCCS2(O)O)c1. The molecular formula is C31H48N4O4S. The number of hydrogen-bond acceptors (Lipinski definition) is 7. The molecule has 0 aromatic heterocycles. The highest BCUT2D eigenvalue weighted by Crippen LogP contribution is 2.50. The lowest BCUT2D eigenvalue weighted by Crippen LogP contribution is -2.54. The number of carbonyl (C=O) groups excluding carboxylic acids is 1. The van der Waals surface area contributed by atoms with Gasteiger partial charge >= 0.3 is 0 Å². The number of nitrogens with one attached hydrogen (secondary N) is 3. The molecule has 2 aliphatic rings. The van der Waals surface area contributed by atoms with Crippen LogP contribution in [0.5, 0.6) is 0 Å². The smallest absolute Gasteiger partial charge is 0.251 e. The predicted molar refractivity (Wildman–Crippen MR) is 166 cm³/mol. The average Bonchev–Trinajstić information content (AvgIpc) is 2.96. The molecule has 2 fully saturated rings. The van der Waals surface area contributed by atoms with Crippen LogP contribution in [-0.2, 0) is 6.42 Å². The van der Waals surface area contributed by atoms with Crippen molar-refractivity contribution in [3.05, 3.63) is 59.7 Å². The molecule has 1 saturated heterocycles. The summed E-state index contributed by atoms with van der Waals surface area (Å²) >= 11 is 0. The van der Waals surface area contributed by atoms with Gasteiger partial charge in [0.2, 0.25) is 0 Å². The van der Waals surface area contributed by atoms with Crippen molar-refractivity contribution in [2.75, 3.05) is 35.0 Å². The second-order valence-corrected chi connectivity index (χ2v) is 13.5. The molecule has 6 N–H and O–H groups in total. The topological polar surface area (TPSA) is 117 Å². The minimum atomic E-state index is -2.93. The van der Waals surface area contributed by atoms with Crippen molar-refractivity contribution in [3.63, 3.8) is 0 Å². The van der Waals surface area contributed by atoms with E-state index in [1.54, 1.807) is 16.4 Å². The molecule has 222 valence electrons. The highest BCUT2D eigenvalue weighted by atomic mass is 32.3. The Morgan fingerprint density at radius 3 is 2.45 bits per heavy atom. The van der Waals surface area contributed by atoms with Crippen LogP contribution < -0.4 is 20.3 Å². The maximum absolute atomic E-state index is 13.7. The van der Waals surface area contributed by atoms with Crippen LogP contribution in [0.2, 0.25) is 0 Å². The molecule has 2 aromatic rings. The lowest BCUT2D eigenvalue weighted by atomic mass is 9.79. The third-order valence-electron chi connectivity index (χ3n) is 8.48. The summed E-state index contributed by atoms with van der Waals surface area (Å²) in [6.45, 7) is 5.79. The van der Waals surface area contributed by atoms with Crippen molar-refractivity contribution >= 4 is 28.1 Å². The van der Waals surface area contributed by atoms with E-state index in [-0.39, 0.29) is 11.4 Å². The first kappa shape index (κ1) is 30.7. The molecule has 0 unspecified atom stereocenters. The van der Waals surface area contributed by atoms with Crippen LogP contribution in [0.3, 0.4) is 0 Å². The minimum absolute atomic E-state index is 0.0491. The van der Waals surface area contributed by atoms with E-state index in [0.717, 1.165) is 43.4 Å². The highest BCUT2D eigenvalue weighted by Gasteiger charge is 2.32. The lowest BCUT2D eigenvalue weighted by molar-refractivity contribution is 0.0788. The van der Waals surface area contributed by atoms with Crippen molar-refractivity contribution in [3.8, 4) is 0 Å². The summed E-state index contributed by atoms with van der Waals surface area (Å²) in [5.41, 5.74) is 2.87. The van der Waals surface area contributed by atoms with Crippen LogP contribution in [0.4, 0.5) is 11.4 Å². The standard InChI is InChI=1S/C31H48N4O4S/c1-3-31(15-9-6-10-16-31)33-23-29(36)28(19-24-13-7-5-8-14-24)34-30(37)25-20-26(32-4-2)22-27(21-25)35-17-11-12-18-40(35,38)39/h5,7-8,13-14,20-22,28-29,32-33,36,38-39H,3-4,6,9-12,15-19,23H2,1-2H3,(H,34,37)/t28-,29-/m0/s1. The third-order valence-corrected chi connectivity index (χ3v) is 10.4. The molecule has 2 aromatic carbocycles. The summed E-state index contributed by atoms with van der Waals surface area (Å²) in [6.07, 6.45) is 8.26. The summed E-state index contributed by atoms with van der Waals surface area (Å²) in [5, 5.41) is 21.5. The van der Waals surface area contributed by atoms with E-state index >= 15 is 0 Å². The van der Waals surface area contributed by atoms with Crippen LogP contribution in [0.1, 0.15) is 81.1 Å². The van der Waals surface area contributed by atoms with Crippen molar-refractivity contribution < 1.29 is 19.0 Å². The molecule has 0 radical (unpaired) electrons. The molecule has 2 atom stereocenters. The van der Waals surface area contributed by atoms with Gasteiger partial charge in [0.05, 0.1) is 23.6 Å². The molecule has 1 aliphatic heterocycles. The number of aliphatic hydroxyl groups is 1. The summed E-state index contributed by atoms with van der Waals surface area (Å²) in [5.74, 6) is 0.0368. The first-order valence-corrected chi connectivity index (χ1v) is 16.6. The number of carbonyl (C=O) groups is 1. The van der Waals surface area contributed by atoms with Gasteiger partial charge in [-0.2, -0.15) is 0 Å². The summed E-state index contributed by atoms with van der Waals surface area (Å²) < 4.78 is 23.1. The zero-order valence-corrected chi connectivity index (χ0v) is 24.9. The normalized spacial score (nSPS) is 20.8. The largest absolute Gasteiger partial charge is 0.390 e. The number of rotatable bonds is 12. The van der Waals surface area contributed by atoms with Gasteiger partial charge in [0.15, 0.2) is 0 Å².